The molecule has 4 nitrogen and oxygen atoms in total. The molecule has 4 heteroatoms. The first kappa shape index (κ1) is 17.5. The van der Waals surface area contributed by atoms with Gasteiger partial charge in [0.05, 0.1) is 0 Å². The van der Waals surface area contributed by atoms with Crippen LogP contribution in [-0.4, -0.2) is 41.8 Å². The van der Waals surface area contributed by atoms with Gasteiger partial charge in [0.15, 0.2) is 0 Å². The normalized spacial score (nSPS) is 14.3. The van der Waals surface area contributed by atoms with Crippen LogP contribution >= 0.6 is 0 Å². The van der Waals surface area contributed by atoms with Gasteiger partial charge in [-0.2, -0.15) is 0 Å². The Balaban J connectivity index is 2.08. The molecule has 0 spiro atoms. The molecule has 0 saturated carbocycles. The van der Waals surface area contributed by atoms with Crippen molar-refractivity contribution in [2.45, 2.75) is 46.6 Å². The minimum atomic E-state index is -1.01. The van der Waals surface area contributed by atoms with Crippen LogP contribution in [0.1, 0.15) is 44.7 Å². The third kappa shape index (κ3) is 3.74. The number of fused-ring (bicyclic) bond motifs is 1. The molecule has 2 rings (SSSR count). The summed E-state index contributed by atoms with van der Waals surface area (Å²) >= 11 is 0. The highest BCUT2D eigenvalue weighted by Crippen LogP contribution is 2.26. The molecular formula is C19H28N2O2. The van der Waals surface area contributed by atoms with E-state index in [1.807, 2.05) is 17.0 Å². The largest absolute Gasteiger partial charge is 0.345 e. The Morgan fingerprint density at radius 2 is 1.87 bits per heavy atom. The van der Waals surface area contributed by atoms with Gasteiger partial charge >= 0.3 is 0 Å². The highest BCUT2D eigenvalue weighted by Gasteiger charge is 2.41. The molecule has 0 bridgehead atoms. The third-order valence-electron chi connectivity index (χ3n) is 4.68. The van der Waals surface area contributed by atoms with Crippen molar-refractivity contribution in [1.82, 2.24) is 9.80 Å². The van der Waals surface area contributed by atoms with Crippen LogP contribution in [0.5, 0.6) is 0 Å². The summed E-state index contributed by atoms with van der Waals surface area (Å²) in [6.45, 7) is 7.59. The van der Waals surface area contributed by atoms with Gasteiger partial charge < -0.3 is 9.80 Å². The predicted molar refractivity (Wildman–Crippen MR) is 91.9 cm³/mol. The van der Waals surface area contributed by atoms with Crippen LogP contribution in [0.3, 0.4) is 0 Å². The van der Waals surface area contributed by atoms with Crippen molar-refractivity contribution < 1.29 is 9.59 Å². The van der Waals surface area contributed by atoms with Gasteiger partial charge in [-0.1, -0.05) is 37.6 Å². The summed E-state index contributed by atoms with van der Waals surface area (Å²) in [6, 6.07) is 8.22. The molecule has 0 radical (unpaired) electrons. The van der Waals surface area contributed by atoms with Gasteiger partial charge in [-0.3, -0.25) is 9.59 Å². The smallest absolute Gasteiger partial charge is 0.238 e. The lowest BCUT2D eigenvalue weighted by Crippen LogP contribution is -2.51. The Hall–Kier alpha value is -1.84. The lowest BCUT2D eigenvalue weighted by atomic mass is 9.88. The molecule has 0 atom stereocenters. The molecule has 0 unspecified atom stereocenters. The van der Waals surface area contributed by atoms with E-state index in [2.05, 4.69) is 19.1 Å². The standard InChI is InChI=1S/C19H28N2O2/c1-5-6-12-20(4)17(22)19(2,3)18(23)21-13-11-15-9-7-8-10-16(15)14-21/h7-10H,5-6,11-14H2,1-4H3. The summed E-state index contributed by atoms with van der Waals surface area (Å²) in [4.78, 5) is 29.1. The predicted octanol–water partition coefficient (Wildman–Crippen LogP) is 2.86. The maximum atomic E-state index is 12.9. The second kappa shape index (κ2) is 7.16. The van der Waals surface area contributed by atoms with Crippen LogP contribution in [0.2, 0.25) is 0 Å². The number of nitrogens with zero attached hydrogens (tertiary/aromatic N) is 2. The summed E-state index contributed by atoms with van der Waals surface area (Å²) < 4.78 is 0. The van der Waals surface area contributed by atoms with Gasteiger partial charge in [-0.15, -0.1) is 0 Å². The zero-order valence-electron chi connectivity index (χ0n) is 14.8. The van der Waals surface area contributed by atoms with E-state index in [4.69, 9.17) is 0 Å². The van der Waals surface area contributed by atoms with E-state index < -0.39 is 5.41 Å². The highest BCUT2D eigenvalue weighted by atomic mass is 16.2. The van der Waals surface area contributed by atoms with Gasteiger partial charge in [0.2, 0.25) is 11.8 Å². The number of carbonyl (C=O) groups is 2. The zero-order chi connectivity index (χ0) is 17.0. The van der Waals surface area contributed by atoms with Gasteiger partial charge in [0.25, 0.3) is 0 Å². The fourth-order valence-corrected chi connectivity index (χ4v) is 3.13. The summed E-state index contributed by atoms with van der Waals surface area (Å²) in [6.07, 6.45) is 2.86. The molecule has 1 aliphatic heterocycles. The van der Waals surface area contributed by atoms with Crippen LogP contribution in [0.25, 0.3) is 0 Å². The SMILES string of the molecule is CCCCN(C)C(=O)C(C)(C)C(=O)N1CCc2ccccc2C1. The molecule has 1 aromatic carbocycles. The topological polar surface area (TPSA) is 40.6 Å². The van der Waals surface area contributed by atoms with Gasteiger partial charge in [0, 0.05) is 26.7 Å². The minimum Gasteiger partial charge on any atom is -0.345 e. The molecule has 1 aliphatic rings. The average molecular weight is 316 g/mol. The average Bonchev–Trinajstić information content (AvgIpc) is 2.57. The maximum Gasteiger partial charge on any atom is 0.238 e. The molecule has 0 aliphatic carbocycles. The van der Waals surface area contributed by atoms with E-state index in [9.17, 15) is 9.59 Å². The quantitative estimate of drug-likeness (QED) is 0.784. The van der Waals surface area contributed by atoms with E-state index in [-0.39, 0.29) is 11.8 Å². The Labute approximate surface area is 139 Å². The molecule has 0 N–H and O–H groups in total. The highest BCUT2D eigenvalue weighted by molar-refractivity contribution is 6.04. The molecule has 0 aromatic heterocycles. The number of hydrogen-bond donors (Lipinski definition) is 0. The number of hydrogen-bond acceptors (Lipinski definition) is 2. The molecular weight excluding hydrogens is 288 g/mol. The first-order valence-electron chi connectivity index (χ1n) is 8.49. The minimum absolute atomic E-state index is 0.0691. The fourth-order valence-electron chi connectivity index (χ4n) is 3.13. The molecule has 126 valence electrons. The first-order valence-corrected chi connectivity index (χ1v) is 8.49. The molecule has 1 aromatic rings. The second-order valence-corrected chi connectivity index (χ2v) is 6.95. The van der Waals surface area contributed by atoms with E-state index in [0.29, 0.717) is 19.6 Å². The number of unbranched alkanes of at least 4 members (excludes halogenated alkanes) is 1. The summed E-state index contributed by atoms with van der Waals surface area (Å²) in [5.74, 6) is -0.157. The van der Waals surface area contributed by atoms with Gasteiger partial charge in [0.1, 0.15) is 5.41 Å². The first-order chi connectivity index (χ1) is 10.9. The van der Waals surface area contributed by atoms with Crippen LogP contribution in [0.4, 0.5) is 0 Å². The van der Waals surface area contributed by atoms with Crippen LogP contribution in [0.15, 0.2) is 24.3 Å². The third-order valence-corrected chi connectivity index (χ3v) is 4.68. The van der Waals surface area contributed by atoms with Crippen molar-refractivity contribution in [2.75, 3.05) is 20.1 Å². The monoisotopic (exact) mass is 316 g/mol. The molecule has 23 heavy (non-hydrogen) atoms. The van der Waals surface area contributed by atoms with Crippen molar-refractivity contribution in [3.05, 3.63) is 35.4 Å². The van der Waals surface area contributed by atoms with Crippen molar-refractivity contribution in [1.29, 1.82) is 0 Å². The van der Waals surface area contributed by atoms with Crippen molar-refractivity contribution in [2.24, 2.45) is 5.41 Å². The van der Waals surface area contributed by atoms with Crippen molar-refractivity contribution in [3.63, 3.8) is 0 Å². The van der Waals surface area contributed by atoms with Crippen LogP contribution < -0.4 is 0 Å². The van der Waals surface area contributed by atoms with Crippen molar-refractivity contribution >= 4 is 11.8 Å². The number of amides is 2. The molecule has 0 fully saturated rings. The van der Waals surface area contributed by atoms with Crippen molar-refractivity contribution in [3.8, 4) is 0 Å². The van der Waals surface area contributed by atoms with E-state index in [0.717, 1.165) is 19.3 Å². The lowest BCUT2D eigenvalue weighted by Gasteiger charge is -2.36. The van der Waals surface area contributed by atoms with Gasteiger partial charge in [-0.25, -0.2) is 0 Å². The number of carbonyl (C=O) groups excluding carboxylic acids is 2. The fraction of sp³-hybridized carbons (Fsp3) is 0.579. The summed E-state index contributed by atoms with van der Waals surface area (Å²) in [7, 11) is 1.79. The molecule has 1 heterocycles. The van der Waals surface area contributed by atoms with Gasteiger partial charge in [-0.05, 0) is 37.8 Å². The Kier molecular flexibility index (Phi) is 5.45. The molecule has 0 saturated heterocycles. The lowest BCUT2D eigenvalue weighted by molar-refractivity contribution is -0.154. The Morgan fingerprint density at radius 1 is 1.22 bits per heavy atom. The summed E-state index contributed by atoms with van der Waals surface area (Å²) in [5.41, 5.74) is 1.49. The number of rotatable bonds is 5. The Bertz CT molecular complexity index is 580. The zero-order valence-corrected chi connectivity index (χ0v) is 14.8. The second-order valence-electron chi connectivity index (χ2n) is 6.95. The van der Waals surface area contributed by atoms with Crippen LogP contribution in [-0.2, 0) is 22.6 Å². The van der Waals surface area contributed by atoms with E-state index in [1.165, 1.54) is 11.1 Å². The Morgan fingerprint density at radius 3 is 2.52 bits per heavy atom. The maximum absolute atomic E-state index is 12.9. The number of benzene rings is 1. The van der Waals surface area contributed by atoms with E-state index in [1.54, 1.807) is 25.8 Å². The summed E-state index contributed by atoms with van der Waals surface area (Å²) in [5, 5.41) is 0. The van der Waals surface area contributed by atoms with E-state index >= 15 is 0 Å². The van der Waals surface area contributed by atoms with Crippen LogP contribution in [0, 0.1) is 5.41 Å². The molecule has 2 amide bonds.